The van der Waals surface area contributed by atoms with Gasteiger partial charge in [-0.1, -0.05) is 32.0 Å². The molecular formula is C16H26FNO2S. The minimum atomic E-state index is -2.96. The Morgan fingerprint density at radius 3 is 2.62 bits per heavy atom. The molecule has 0 bridgehead atoms. The van der Waals surface area contributed by atoms with E-state index in [1.807, 2.05) is 6.07 Å². The summed E-state index contributed by atoms with van der Waals surface area (Å²) in [5.41, 5.74) is 1.26. The van der Waals surface area contributed by atoms with Crippen molar-refractivity contribution in [3.63, 3.8) is 0 Å². The van der Waals surface area contributed by atoms with Gasteiger partial charge >= 0.3 is 0 Å². The van der Waals surface area contributed by atoms with Crippen LogP contribution in [0.25, 0.3) is 0 Å². The molecule has 21 heavy (non-hydrogen) atoms. The molecule has 0 amide bonds. The third-order valence-corrected chi connectivity index (χ3v) is 5.42. The number of nitrogens with one attached hydrogen (secondary N) is 1. The van der Waals surface area contributed by atoms with Crippen LogP contribution in [0.5, 0.6) is 0 Å². The molecule has 1 aromatic rings. The van der Waals surface area contributed by atoms with E-state index in [4.69, 9.17) is 0 Å². The van der Waals surface area contributed by atoms with Crippen LogP contribution in [0.2, 0.25) is 0 Å². The van der Waals surface area contributed by atoms with Crippen LogP contribution in [0.1, 0.15) is 50.3 Å². The van der Waals surface area contributed by atoms with Gasteiger partial charge in [-0.3, -0.25) is 0 Å². The summed E-state index contributed by atoms with van der Waals surface area (Å²) in [5, 5.41) is 3.32. The molecule has 0 radical (unpaired) electrons. The molecule has 0 aliphatic heterocycles. The molecule has 5 heteroatoms. The maximum atomic E-state index is 14.2. The van der Waals surface area contributed by atoms with Crippen LogP contribution in [-0.4, -0.2) is 26.5 Å². The zero-order valence-electron chi connectivity index (χ0n) is 13.2. The number of sulfone groups is 1. The predicted molar refractivity (Wildman–Crippen MR) is 85.7 cm³/mol. The van der Waals surface area contributed by atoms with Gasteiger partial charge in [-0.15, -0.1) is 0 Å². The SMILES string of the molecule is CCCNC(CCCS(=O)(=O)CC)c1cccc(C)c1F. The monoisotopic (exact) mass is 315 g/mol. The van der Waals surface area contributed by atoms with Gasteiger partial charge in [-0.2, -0.15) is 0 Å². The Bertz CT molecular complexity index is 543. The van der Waals surface area contributed by atoms with Crippen LogP contribution >= 0.6 is 0 Å². The quantitative estimate of drug-likeness (QED) is 0.760. The molecule has 0 spiro atoms. The molecule has 1 atom stereocenters. The zero-order valence-corrected chi connectivity index (χ0v) is 14.0. The number of hydrogen-bond acceptors (Lipinski definition) is 3. The fourth-order valence-corrected chi connectivity index (χ4v) is 3.17. The Kier molecular flexibility index (Phi) is 7.32. The van der Waals surface area contributed by atoms with Crippen molar-refractivity contribution < 1.29 is 12.8 Å². The first kappa shape index (κ1) is 18.1. The summed E-state index contributed by atoms with van der Waals surface area (Å²) in [7, 11) is -2.96. The van der Waals surface area contributed by atoms with E-state index >= 15 is 0 Å². The summed E-state index contributed by atoms with van der Waals surface area (Å²) in [6.07, 6.45) is 2.13. The van der Waals surface area contributed by atoms with Crippen molar-refractivity contribution >= 4 is 9.84 Å². The lowest BCUT2D eigenvalue weighted by atomic mass is 9.99. The maximum absolute atomic E-state index is 14.2. The molecule has 3 nitrogen and oxygen atoms in total. The molecule has 0 aliphatic carbocycles. The normalized spacial score (nSPS) is 13.3. The van der Waals surface area contributed by atoms with Gasteiger partial charge in [0.1, 0.15) is 15.7 Å². The van der Waals surface area contributed by atoms with E-state index in [0.717, 1.165) is 13.0 Å². The lowest BCUT2D eigenvalue weighted by Crippen LogP contribution is -2.24. The number of halogens is 1. The second-order valence-corrected chi connectivity index (χ2v) is 7.84. The summed E-state index contributed by atoms with van der Waals surface area (Å²) in [6, 6.07) is 5.25. The molecular weight excluding hydrogens is 289 g/mol. The first-order chi connectivity index (χ1) is 9.91. The van der Waals surface area contributed by atoms with E-state index in [1.165, 1.54) is 0 Å². The van der Waals surface area contributed by atoms with Gasteiger partial charge < -0.3 is 5.32 Å². The van der Waals surface area contributed by atoms with Gasteiger partial charge in [0.25, 0.3) is 0 Å². The smallest absolute Gasteiger partial charge is 0.150 e. The Hall–Kier alpha value is -0.940. The summed E-state index contributed by atoms with van der Waals surface area (Å²) in [4.78, 5) is 0. The minimum absolute atomic E-state index is 0.128. The Morgan fingerprint density at radius 1 is 1.29 bits per heavy atom. The van der Waals surface area contributed by atoms with Gasteiger partial charge in [0, 0.05) is 17.4 Å². The minimum Gasteiger partial charge on any atom is -0.310 e. The fourth-order valence-electron chi connectivity index (χ4n) is 2.28. The summed E-state index contributed by atoms with van der Waals surface area (Å²) < 4.78 is 37.4. The number of hydrogen-bond donors (Lipinski definition) is 1. The van der Waals surface area contributed by atoms with E-state index in [1.54, 1.807) is 26.0 Å². The van der Waals surface area contributed by atoms with E-state index < -0.39 is 9.84 Å². The fraction of sp³-hybridized carbons (Fsp3) is 0.625. The first-order valence-electron chi connectivity index (χ1n) is 7.60. The third kappa shape index (κ3) is 5.75. The highest BCUT2D eigenvalue weighted by Crippen LogP contribution is 2.24. The van der Waals surface area contributed by atoms with Crippen LogP contribution in [0.3, 0.4) is 0 Å². The van der Waals surface area contributed by atoms with Gasteiger partial charge in [-0.25, -0.2) is 12.8 Å². The second kappa shape index (κ2) is 8.49. The largest absolute Gasteiger partial charge is 0.310 e. The molecule has 0 aliphatic rings. The van der Waals surface area contributed by atoms with E-state index in [9.17, 15) is 12.8 Å². The highest BCUT2D eigenvalue weighted by Gasteiger charge is 2.17. The molecule has 1 unspecified atom stereocenters. The number of aryl methyl sites for hydroxylation is 1. The second-order valence-electron chi connectivity index (χ2n) is 5.36. The van der Waals surface area contributed by atoms with Crippen molar-refractivity contribution in [2.45, 2.75) is 46.1 Å². The van der Waals surface area contributed by atoms with Gasteiger partial charge in [0.05, 0.1) is 5.75 Å². The van der Waals surface area contributed by atoms with Crippen molar-refractivity contribution in [2.24, 2.45) is 0 Å². The van der Waals surface area contributed by atoms with Crippen LogP contribution in [0.15, 0.2) is 18.2 Å². The Balaban J connectivity index is 2.78. The Morgan fingerprint density at radius 2 is 2.00 bits per heavy atom. The summed E-state index contributed by atoms with van der Waals surface area (Å²) in [5.74, 6) is 0.143. The van der Waals surface area contributed by atoms with Gasteiger partial charge in [-0.05, 0) is 38.3 Å². The topological polar surface area (TPSA) is 46.2 Å². The van der Waals surface area contributed by atoms with Gasteiger partial charge in [0.15, 0.2) is 0 Å². The highest BCUT2D eigenvalue weighted by atomic mass is 32.2. The van der Waals surface area contributed by atoms with Crippen LogP contribution in [0.4, 0.5) is 4.39 Å². The molecule has 0 heterocycles. The van der Waals surface area contributed by atoms with Crippen molar-refractivity contribution in [3.05, 3.63) is 35.1 Å². The number of rotatable bonds is 9. The van der Waals surface area contributed by atoms with Crippen molar-refractivity contribution in [3.8, 4) is 0 Å². The molecule has 1 rings (SSSR count). The average Bonchev–Trinajstić information content (AvgIpc) is 2.46. The molecule has 0 fully saturated rings. The van der Waals surface area contributed by atoms with Crippen LogP contribution < -0.4 is 5.32 Å². The third-order valence-electron chi connectivity index (χ3n) is 3.63. The highest BCUT2D eigenvalue weighted by molar-refractivity contribution is 7.91. The van der Waals surface area contributed by atoms with Crippen molar-refractivity contribution in [1.29, 1.82) is 0 Å². The zero-order chi connectivity index (χ0) is 15.9. The van der Waals surface area contributed by atoms with Crippen LogP contribution in [-0.2, 0) is 9.84 Å². The lowest BCUT2D eigenvalue weighted by Gasteiger charge is -2.20. The molecule has 120 valence electrons. The van der Waals surface area contributed by atoms with E-state index in [0.29, 0.717) is 24.0 Å². The predicted octanol–water partition coefficient (Wildman–Crippen LogP) is 3.39. The van der Waals surface area contributed by atoms with Crippen molar-refractivity contribution in [2.75, 3.05) is 18.1 Å². The molecule has 0 saturated heterocycles. The molecule has 1 aromatic carbocycles. The number of benzene rings is 1. The van der Waals surface area contributed by atoms with Crippen molar-refractivity contribution in [1.82, 2.24) is 5.32 Å². The van der Waals surface area contributed by atoms with Crippen LogP contribution in [0, 0.1) is 12.7 Å². The molecule has 1 N–H and O–H groups in total. The van der Waals surface area contributed by atoms with E-state index in [-0.39, 0.29) is 23.4 Å². The maximum Gasteiger partial charge on any atom is 0.150 e. The summed E-state index contributed by atoms with van der Waals surface area (Å²) >= 11 is 0. The Labute approximate surface area is 127 Å². The average molecular weight is 315 g/mol. The first-order valence-corrected chi connectivity index (χ1v) is 9.42. The lowest BCUT2D eigenvalue weighted by molar-refractivity contribution is 0.467. The molecule has 0 aromatic heterocycles. The summed E-state index contributed by atoms with van der Waals surface area (Å²) in [6.45, 7) is 6.25. The standard InChI is InChI=1S/C16H26FNO2S/c1-4-11-18-15(10-7-12-21(19,20)5-2)14-9-6-8-13(3)16(14)17/h6,8-9,15,18H,4-5,7,10-12H2,1-3H3. The molecule has 0 saturated carbocycles. The van der Waals surface area contributed by atoms with Gasteiger partial charge in [0.2, 0.25) is 0 Å². The van der Waals surface area contributed by atoms with E-state index in [2.05, 4.69) is 12.2 Å².